The summed E-state index contributed by atoms with van der Waals surface area (Å²) in [4.78, 5) is 11.7. The number of hydrogen-bond donors (Lipinski definition) is 1. The second-order valence-corrected chi connectivity index (χ2v) is 5.50. The SMILES string of the molecule is O=C(CCCOc1cccc(Br)c1)Nc1ccc(F)c(F)c1. The first-order chi connectivity index (χ1) is 10.5. The number of ether oxygens (including phenoxy) is 1. The Balaban J connectivity index is 1.72. The number of halogens is 3. The number of rotatable bonds is 6. The normalized spacial score (nSPS) is 10.3. The van der Waals surface area contributed by atoms with Crippen molar-refractivity contribution in [1.29, 1.82) is 0 Å². The van der Waals surface area contributed by atoms with E-state index >= 15 is 0 Å². The van der Waals surface area contributed by atoms with E-state index in [-0.39, 0.29) is 18.0 Å². The number of anilines is 1. The molecular weight excluding hydrogens is 356 g/mol. The molecule has 0 saturated heterocycles. The predicted octanol–water partition coefficient (Wildman–Crippen LogP) is 4.53. The smallest absolute Gasteiger partial charge is 0.224 e. The molecule has 2 aromatic carbocycles. The molecule has 0 aliphatic rings. The average Bonchev–Trinajstić information content (AvgIpc) is 2.48. The van der Waals surface area contributed by atoms with Crippen LogP contribution >= 0.6 is 15.9 Å². The molecule has 2 aromatic rings. The molecule has 0 aliphatic heterocycles. The highest BCUT2D eigenvalue weighted by Crippen LogP contribution is 2.18. The van der Waals surface area contributed by atoms with Crippen molar-refractivity contribution in [2.24, 2.45) is 0 Å². The van der Waals surface area contributed by atoms with Crippen molar-refractivity contribution < 1.29 is 18.3 Å². The van der Waals surface area contributed by atoms with Crippen LogP contribution in [-0.4, -0.2) is 12.5 Å². The monoisotopic (exact) mass is 369 g/mol. The van der Waals surface area contributed by atoms with Crippen molar-refractivity contribution in [3.8, 4) is 5.75 Å². The van der Waals surface area contributed by atoms with Gasteiger partial charge in [0, 0.05) is 22.6 Å². The molecule has 0 saturated carbocycles. The standard InChI is InChI=1S/C16H14BrF2NO2/c17-11-3-1-4-13(9-11)22-8-2-5-16(21)20-12-6-7-14(18)15(19)10-12/h1,3-4,6-7,9-10H,2,5,8H2,(H,20,21). The average molecular weight is 370 g/mol. The van der Waals surface area contributed by atoms with E-state index in [0.717, 1.165) is 22.4 Å². The summed E-state index contributed by atoms with van der Waals surface area (Å²) in [5.74, 6) is -1.49. The first-order valence-electron chi connectivity index (χ1n) is 6.68. The van der Waals surface area contributed by atoms with Gasteiger partial charge in [0.25, 0.3) is 0 Å². The summed E-state index contributed by atoms with van der Waals surface area (Å²) in [6, 6.07) is 10.6. The highest BCUT2D eigenvalue weighted by atomic mass is 79.9. The zero-order chi connectivity index (χ0) is 15.9. The summed E-state index contributed by atoms with van der Waals surface area (Å²) < 4.78 is 32.2. The maximum atomic E-state index is 13.0. The van der Waals surface area contributed by atoms with Gasteiger partial charge in [-0.1, -0.05) is 22.0 Å². The van der Waals surface area contributed by atoms with Crippen LogP contribution in [0.2, 0.25) is 0 Å². The van der Waals surface area contributed by atoms with Gasteiger partial charge in [-0.25, -0.2) is 8.78 Å². The predicted molar refractivity (Wildman–Crippen MR) is 83.9 cm³/mol. The number of hydrogen-bond acceptors (Lipinski definition) is 2. The van der Waals surface area contributed by atoms with Crippen LogP contribution in [-0.2, 0) is 4.79 Å². The second kappa shape index (κ2) is 7.89. The van der Waals surface area contributed by atoms with E-state index in [1.54, 1.807) is 0 Å². The van der Waals surface area contributed by atoms with Crippen LogP contribution in [0.15, 0.2) is 46.9 Å². The number of carbonyl (C=O) groups is 1. The van der Waals surface area contributed by atoms with Gasteiger partial charge in [0.2, 0.25) is 5.91 Å². The lowest BCUT2D eigenvalue weighted by Gasteiger charge is -2.07. The molecule has 0 heterocycles. The third-order valence-corrected chi connectivity index (χ3v) is 3.31. The zero-order valence-electron chi connectivity index (χ0n) is 11.6. The minimum absolute atomic E-state index is 0.229. The molecule has 6 heteroatoms. The molecule has 0 unspecified atom stereocenters. The van der Waals surface area contributed by atoms with E-state index < -0.39 is 11.6 Å². The van der Waals surface area contributed by atoms with Crippen molar-refractivity contribution >= 4 is 27.5 Å². The molecule has 0 atom stereocenters. The Labute approximate surface area is 135 Å². The van der Waals surface area contributed by atoms with Crippen molar-refractivity contribution in [3.63, 3.8) is 0 Å². The van der Waals surface area contributed by atoms with Gasteiger partial charge in [0.05, 0.1) is 6.61 Å². The lowest BCUT2D eigenvalue weighted by molar-refractivity contribution is -0.116. The molecular formula is C16H14BrF2NO2. The summed E-state index contributed by atoms with van der Waals surface area (Å²) >= 11 is 3.34. The van der Waals surface area contributed by atoms with Gasteiger partial charge in [-0.3, -0.25) is 4.79 Å². The van der Waals surface area contributed by atoms with Gasteiger partial charge < -0.3 is 10.1 Å². The minimum Gasteiger partial charge on any atom is -0.494 e. The molecule has 1 amide bonds. The lowest BCUT2D eigenvalue weighted by atomic mass is 10.2. The molecule has 0 bridgehead atoms. The van der Waals surface area contributed by atoms with Crippen LogP contribution in [0.3, 0.4) is 0 Å². The molecule has 0 fully saturated rings. The van der Waals surface area contributed by atoms with Crippen LogP contribution in [0, 0.1) is 11.6 Å². The Morgan fingerprint density at radius 2 is 1.95 bits per heavy atom. The lowest BCUT2D eigenvalue weighted by Crippen LogP contribution is -2.13. The largest absolute Gasteiger partial charge is 0.494 e. The third kappa shape index (κ3) is 5.11. The summed E-state index contributed by atoms with van der Waals surface area (Å²) in [5.41, 5.74) is 0.233. The summed E-state index contributed by atoms with van der Waals surface area (Å²) in [6.45, 7) is 0.391. The van der Waals surface area contributed by atoms with Crippen LogP contribution in [0.1, 0.15) is 12.8 Å². The Morgan fingerprint density at radius 3 is 2.68 bits per heavy atom. The maximum Gasteiger partial charge on any atom is 0.224 e. The molecule has 0 radical (unpaired) electrons. The molecule has 1 N–H and O–H groups in total. The molecule has 3 nitrogen and oxygen atoms in total. The molecule has 116 valence electrons. The fraction of sp³-hybridized carbons (Fsp3) is 0.188. The molecule has 0 aromatic heterocycles. The quantitative estimate of drug-likeness (QED) is 0.759. The first kappa shape index (κ1) is 16.4. The number of carbonyl (C=O) groups excluding carboxylic acids is 1. The zero-order valence-corrected chi connectivity index (χ0v) is 13.2. The topological polar surface area (TPSA) is 38.3 Å². The Bertz CT molecular complexity index is 664. The van der Waals surface area contributed by atoms with Crippen molar-refractivity contribution in [2.75, 3.05) is 11.9 Å². The maximum absolute atomic E-state index is 13.0. The van der Waals surface area contributed by atoms with Gasteiger partial charge in [0.1, 0.15) is 5.75 Å². The highest BCUT2D eigenvalue weighted by molar-refractivity contribution is 9.10. The number of benzene rings is 2. The molecule has 2 rings (SSSR count). The summed E-state index contributed by atoms with van der Waals surface area (Å²) in [7, 11) is 0. The van der Waals surface area contributed by atoms with E-state index in [0.29, 0.717) is 13.0 Å². The Morgan fingerprint density at radius 1 is 1.14 bits per heavy atom. The van der Waals surface area contributed by atoms with Crippen molar-refractivity contribution in [1.82, 2.24) is 0 Å². The van der Waals surface area contributed by atoms with Crippen LogP contribution < -0.4 is 10.1 Å². The van der Waals surface area contributed by atoms with E-state index in [1.807, 2.05) is 24.3 Å². The van der Waals surface area contributed by atoms with E-state index in [4.69, 9.17) is 4.74 Å². The fourth-order valence-electron chi connectivity index (χ4n) is 1.78. The van der Waals surface area contributed by atoms with Gasteiger partial charge in [0.15, 0.2) is 11.6 Å². The number of amides is 1. The van der Waals surface area contributed by atoms with E-state index in [9.17, 15) is 13.6 Å². The molecule has 0 aliphatic carbocycles. The second-order valence-electron chi connectivity index (χ2n) is 4.59. The van der Waals surface area contributed by atoms with E-state index in [2.05, 4.69) is 21.2 Å². The third-order valence-electron chi connectivity index (χ3n) is 2.82. The first-order valence-corrected chi connectivity index (χ1v) is 7.47. The summed E-state index contributed by atoms with van der Waals surface area (Å²) in [6.07, 6.45) is 0.745. The van der Waals surface area contributed by atoms with Crippen molar-refractivity contribution in [3.05, 3.63) is 58.6 Å². The van der Waals surface area contributed by atoms with Gasteiger partial charge >= 0.3 is 0 Å². The highest BCUT2D eigenvalue weighted by Gasteiger charge is 2.06. The number of nitrogens with one attached hydrogen (secondary N) is 1. The van der Waals surface area contributed by atoms with E-state index in [1.165, 1.54) is 6.07 Å². The minimum atomic E-state index is -0.990. The summed E-state index contributed by atoms with van der Waals surface area (Å²) in [5, 5.41) is 2.51. The molecule has 22 heavy (non-hydrogen) atoms. The van der Waals surface area contributed by atoms with Gasteiger partial charge in [-0.2, -0.15) is 0 Å². The molecule has 0 spiro atoms. The Hall–Kier alpha value is -1.95. The van der Waals surface area contributed by atoms with Gasteiger partial charge in [-0.15, -0.1) is 0 Å². The Kier molecular flexibility index (Phi) is 5.89. The van der Waals surface area contributed by atoms with Crippen LogP contribution in [0.25, 0.3) is 0 Å². The van der Waals surface area contributed by atoms with Gasteiger partial charge in [-0.05, 0) is 36.8 Å². The fourth-order valence-corrected chi connectivity index (χ4v) is 2.16. The van der Waals surface area contributed by atoms with Crippen molar-refractivity contribution in [2.45, 2.75) is 12.8 Å². The van der Waals surface area contributed by atoms with Crippen LogP contribution in [0.5, 0.6) is 5.75 Å². The van der Waals surface area contributed by atoms with Crippen LogP contribution in [0.4, 0.5) is 14.5 Å².